The largest absolute Gasteiger partial charge is 0.465 e. The van der Waals surface area contributed by atoms with Gasteiger partial charge >= 0.3 is 5.97 Å². The molecule has 0 fully saturated rings. The molecule has 1 aliphatic rings. The number of hydrogen-bond acceptors (Lipinski definition) is 3. The van der Waals surface area contributed by atoms with Gasteiger partial charge in [-0.3, -0.25) is 4.79 Å². The van der Waals surface area contributed by atoms with Crippen LogP contribution in [0.4, 0.5) is 0 Å². The molecule has 1 heterocycles. The van der Waals surface area contributed by atoms with E-state index < -0.39 is 5.97 Å². The zero-order valence-electron chi connectivity index (χ0n) is 17.7. The molecule has 4 heteroatoms. The Kier molecular flexibility index (Phi) is 5.73. The number of ether oxygens (including phenoxy) is 1. The highest BCUT2D eigenvalue weighted by Crippen LogP contribution is 2.33. The average Bonchev–Trinajstić information content (AvgIpc) is 2.92. The molecule has 0 radical (unpaired) electrons. The van der Waals surface area contributed by atoms with Gasteiger partial charge in [0, 0.05) is 5.70 Å². The monoisotopic (exact) mass is 389 g/mol. The molecule has 0 spiro atoms. The number of carbonyl (C=O) groups excluding carboxylic acids is 2. The second-order valence-corrected chi connectivity index (χ2v) is 8.26. The number of amides is 1. The fourth-order valence-electron chi connectivity index (χ4n) is 3.43. The lowest BCUT2D eigenvalue weighted by Crippen LogP contribution is -2.24. The lowest BCUT2D eigenvalue weighted by molar-refractivity contribution is -0.136. The molecule has 0 aliphatic carbocycles. The van der Waals surface area contributed by atoms with Crippen molar-refractivity contribution < 1.29 is 14.3 Å². The standard InChI is InChI=1S/C25H27NO3/c1-17-22(24(28)29-5)21(15-18-11-13-20(14-12-18)25(2,3)4)23(27)26(17)16-19-9-7-6-8-10-19/h6-15H,16H2,1-5H3/b21-15-. The summed E-state index contributed by atoms with van der Waals surface area (Å²) in [5, 5.41) is 0. The molecule has 2 aromatic rings. The number of benzene rings is 2. The summed E-state index contributed by atoms with van der Waals surface area (Å²) < 4.78 is 4.97. The fraction of sp³-hybridized carbons (Fsp3) is 0.280. The van der Waals surface area contributed by atoms with Crippen LogP contribution in [-0.2, 0) is 26.3 Å². The van der Waals surface area contributed by atoms with Crippen LogP contribution >= 0.6 is 0 Å². The molecular weight excluding hydrogens is 362 g/mol. The predicted octanol–water partition coefficient (Wildman–Crippen LogP) is 4.86. The maximum Gasteiger partial charge on any atom is 0.340 e. The van der Waals surface area contributed by atoms with Crippen LogP contribution in [0.25, 0.3) is 6.08 Å². The number of allylic oxidation sites excluding steroid dienone is 1. The normalized spacial score (nSPS) is 16.0. The molecular formula is C25H27NO3. The van der Waals surface area contributed by atoms with Gasteiger partial charge < -0.3 is 9.64 Å². The zero-order chi connectivity index (χ0) is 21.2. The first-order valence-electron chi connectivity index (χ1n) is 9.70. The van der Waals surface area contributed by atoms with Crippen LogP contribution in [0.1, 0.15) is 44.4 Å². The van der Waals surface area contributed by atoms with E-state index in [0.717, 1.165) is 11.1 Å². The minimum Gasteiger partial charge on any atom is -0.465 e. The molecule has 150 valence electrons. The Hall–Kier alpha value is -3.14. The van der Waals surface area contributed by atoms with Crippen molar-refractivity contribution in [1.29, 1.82) is 0 Å². The van der Waals surface area contributed by atoms with Crippen molar-refractivity contribution in [2.45, 2.75) is 39.7 Å². The smallest absolute Gasteiger partial charge is 0.340 e. The maximum absolute atomic E-state index is 13.2. The number of nitrogens with zero attached hydrogens (tertiary/aromatic N) is 1. The third-order valence-corrected chi connectivity index (χ3v) is 5.17. The highest BCUT2D eigenvalue weighted by atomic mass is 16.5. The fourth-order valence-corrected chi connectivity index (χ4v) is 3.43. The minimum atomic E-state index is -0.496. The van der Waals surface area contributed by atoms with E-state index in [4.69, 9.17) is 4.74 Å². The second-order valence-electron chi connectivity index (χ2n) is 8.26. The Morgan fingerprint density at radius 3 is 2.21 bits per heavy atom. The summed E-state index contributed by atoms with van der Waals surface area (Å²) in [7, 11) is 1.34. The summed E-state index contributed by atoms with van der Waals surface area (Å²) in [4.78, 5) is 27.3. The highest BCUT2D eigenvalue weighted by molar-refractivity contribution is 6.16. The number of methoxy groups -OCH3 is 1. The van der Waals surface area contributed by atoms with Gasteiger partial charge in [-0.05, 0) is 35.1 Å². The second kappa shape index (κ2) is 8.08. The van der Waals surface area contributed by atoms with Gasteiger partial charge in [-0.1, -0.05) is 75.4 Å². The molecule has 0 saturated heterocycles. The first-order valence-corrected chi connectivity index (χ1v) is 9.70. The quantitative estimate of drug-likeness (QED) is 0.554. The summed E-state index contributed by atoms with van der Waals surface area (Å²) in [6, 6.07) is 17.8. The van der Waals surface area contributed by atoms with E-state index in [9.17, 15) is 9.59 Å². The van der Waals surface area contributed by atoms with Crippen molar-refractivity contribution >= 4 is 18.0 Å². The predicted molar refractivity (Wildman–Crippen MR) is 115 cm³/mol. The minimum absolute atomic E-state index is 0.0506. The third-order valence-electron chi connectivity index (χ3n) is 5.17. The van der Waals surface area contributed by atoms with Crippen LogP contribution in [-0.4, -0.2) is 23.9 Å². The summed E-state index contributed by atoms with van der Waals surface area (Å²) in [6.07, 6.45) is 1.77. The summed E-state index contributed by atoms with van der Waals surface area (Å²) in [5.41, 5.74) is 4.44. The molecule has 1 aliphatic heterocycles. The molecule has 0 bridgehead atoms. The van der Waals surface area contributed by atoms with Crippen molar-refractivity contribution in [2.75, 3.05) is 7.11 Å². The molecule has 29 heavy (non-hydrogen) atoms. The van der Waals surface area contributed by atoms with Crippen LogP contribution in [0.2, 0.25) is 0 Å². The van der Waals surface area contributed by atoms with Gasteiger partial charge in [-0.2, -0.15) is 0 Å². The molecule has 3 rings (SSSR count). The van der Waals surface area contributed by atoms with E-state index in [1.807, 2.05) is 42.5 Å². The lowest BCUT2D eigenvalue weighted by atomic mass is 9.86. The number of hydrogen-bond donors (Lipinski definition) is 0. The average molecular weight is 389 g/mol. The Morgan fingerprint density at radius 2 is 1.66 bits per heavy atom. The molecule has 2 aromatic carbocycles. The number of esters is 1. The van der Waals surface area contributed by atoms with Crippen molar-refractivity contribution in [3.8, 4) is 0 Å². The van der Waals surface area contributed by atoms with Crippen molar-refractivity contribution in [1.82, 2.24) is 4.90 Å². The Morgan fingerprint density at radius 1 is 1.03 bits per heavy atom. The van der Waals surface area contributed by atoms with E-state index in [0.29, 0.717) is 23.4 Å². The van der Waals surface area contributed by atoms with Gasteiger partial charge in [-0.25, -0.2) is 4.79 Å². The van der Waals surface area contributed by atoms with Crippen LogP contribution < -0.4 is 0 Å². The SMILES string of the molecule is COC(=O)C1=C(C)N(Cc2ccccc2)C(=O)/C1=C\c1ccc(C(C)(C)C)cc1. The van der Waals surface area contributed by atoms with Crippen LogP contribution in [0.3, 0.4) is 0 Å². The van der Waals surface area contributed by atoms with E-state index in [1.165, 1.54) is 12.7 Å². The van der Waals surface area contributed by atoms with E-state index in [2.05, 4.69) is 32.9 Å². The summed E-state index contributed by atoms with van der Waals surface area (Å²) >= 11 is 0. The molecule has 4 nitrogen and oxygen atoms in total. The third kappa shape index (κ3) is 4.32. The van der Waals surface area contributed by atoms with Gasteiger partial charge in [0.25, 0.3) is 5.91 Å². The van der Waals surface area contributed by atoms with Gasteiger partial charge in [-0.15, -0.1) is 0 Å². The van der Waals surface area contributed by atoms with Crippen LogP contribution in [0.5, 0.6) is 0 Å². The summed E-state index contributed by atoms with van der Waals surface area (Å²) in [6.45, 7) is 8.67. The molecule has 0 saturated carbocycles. The van der Waals surface area contributed by atoms with Crippen molar-refractivity contribution in [2.24, 2.45) is 0 Å². The summed E-state index contributed by atoms with van der Waals surface area (Å²) in [5.74, 6) is -0.685. The van der Waals surface area contributed by atoms with Gasteiger partial charge in [0.2, 0.25) is 0 Å². The maximum atomic E-state index is 13.2. The van der Waals surface area contributed by atoms with Crippen LogP contribution in [0, 0.1) is 0 Å². The molecule has 0 unspecified atom stereocenters. The molecule has 0 aromatic heterocycles. The zero-order valence-corrected chi connectivity index (χ0v) is 17.7. The van der Waals surface area contributed by atoms with E-state index >= 15 is 0 Å². The molecule has 0 atom stereocenters. The highest BCUT2D eigenvalue weighted by Gasteiger charge is 2.36. The van der Waals surface area contributed by atoms with Gasteiger partial charge in [0.15, 0.2) is 0 Å². The Bertz CT molecular complexity index is 977. The van der Waals surface area contributed by atoms with E-state index in [-0.39, 0.29) is 11.3 Å². The van der Waals surface area contributed by atoms with Crippen molar-refractivity contribution in [3.63, 3.8) is 0 Å². The lowest BCUT2D eigenvalue weighted by Gasteiger charge is -2.19. The molecule has 0 N–H and O–H groups in total. The Labute approximate surface area is 172 Å². The van der Waals surface area contributed by atoms with Crippen LogP contribution in [0.15, 0.2) is 71.4 Å². The van der Waals surface area contributed by atoms with Crippen molar-refractivity contribution in [3.05, 3.63) is 88.1 Å². The first-order chi connectivity index (χ1) is 13.7. The number of carbonyl (C=O) groups is 2. The first kappa shape index (κ1) is 20.6. The van der Waals surface area contributed by atoms with Gasteiger partial charge in [0.05, 0.1) is 24.8 Å². The van der Waals surface area contributed by atoms with Gasteiger partial charge in [0.1, 0.15) is 0 Å². The topological polar surface area (TPSA) is 46.6 Å². The number of rotatable bonds is 4. The van der Waals surface area contributed by atoms with E-state index in [1.54, 1.807) is 17.9 Å². The molecule has 1 amide bonds. The Balaban J connectivity index is 1.99.